The Kier molecular flexibility index (Phi) is 4.89. The molecule has 0 aromatic heterocycles. The van der Waals surface area contributed by atoms with Gasteiger partial charge in [-0.1, -0.05) is 24.3 Å². The van der Waals surface area contributed by atoms with E-state index >= 15 is 0 Å². The topological polar surface area (TPSA) is 18.5 Å². The second-order valence-corrected chi connectivity index (χ2v) is 5.64. The Hall–Kier alpha value is -1.96. The SMILES string of the molecule is Cc1cccc(OCC(C)Oc2cccc(C)c2C)c1C. The van der Waals surface area contributed by atoms with Crippen LogP contribution in [0.4, 0.5) is 0 Å². The lowest BCUT2D eigenvalue weighted by atomic mass is 10.1. The van der Waals surface area contributed by atoms with Crippen molar-refractivity contribution in [3.05, 3.63) is 58.7 Å². The second-order valence-electron chi connectivity index (χ2n) is 5.64. The molecular formula is C19H24O2. The van der Waals surface area contributed by atoms with Crippen LogP contribution < -0.4 is 9.47 Å². The lowest BCUT2D eigenvalue weighted by molar-refractivity contribution is 0.142. The molecule has 1 unspecified atom stereocenters. The molecule has 2 rings (SSSR count). The Morgan fingerprint density at radius 2 is 1.33 bits per heavy atom. The van der Waals surface area contributed by atoms with Crippen LogP contribution in [-0.2, 0) is 0 Å². The van der Waals surface area contributed by atoms with Crippen molar-refractivity contribution in [2.75, 3.05) is 6.61 Å². The van der Waals surface area contributed by atoms with Gasteiger partial charge in [-0.2, -0.15) is 0 Å². The maximum atomic E-state index is 5.99. The van der Waals surface area contributed by atoms with E-state index in [0.717, 1.165) is 11.5 Å². The Balaban J connectivity index is 1.97. The van der Waals surface area contributed by atoms with Crippen LogP contribution >= 0.6 is 0 Å². The monoisotopic (exact) mass is 284 g/mol. The first kappa shape index (κ1) is 15.4. The molecular weight excluding hydrogens is 260 g/mol. The van der Waals surface area contributed by atoms with Crippen LogP contribution in [0.25, 0.3) is 0 Å². The summed E-state index contributed by atoms with van der Waals surface area (Å²) in [5.41, 5.74) is 4.87. The Labute approximate surface area is 127 Å². The second kappa shape index (κ2) is 6.66. The van der Waals surface area contributed by atoms with E-state index in [2.05, 4.69) is 39.8 Å². The van der Waals surface area contributed by atoms with E-state index in [1.807, 2.05) is 31.2 Å². The van der Waals surface area contributed by atoms with Crippen LogP contribution in [-0.4, -0.2) is 12.7 Å². The van der Waals surface area contributed by atoms with Crippen molar-refractivity contribution >= 4 is 0 Å². The third-order valence-electron chi connectivity index (χ3n) is 3.91. The fourth-order valence-electron chi connectivity index (χ4n) is 2.19. The van der Waals surface area contributed by atoms with Gasteiger partial charge in [-0.15, -0.1) is 0 Å². The summed E-state index contributed by atoms with van der Waals surface area (Å²) in [6.45, 7) is 10.9. The van der Waals surface area contributed by atoms with Gasteiger partial charge in [-0.25, -0.2) is 0 Å². The summed E-state index contributed by atoms with van der Waals surface area (Å²) in [5, 5.41) is 0. The van der Waals surface area contributed by atoms with Crippen molar-refractivity contribution in [1.29, 1.82) is 0 Å². The van der Waals surface area contributed by atoms with Gasteiger partial charge in [0.2, 0.25) is 0 Å². The molecule has 0 amide bonds. The van der Waals surface area contributed by atoms with Crippen LogP contribution in [0.2, 0.25) is 0 Å². The van der Waals surface area contributed by atoms with E-state index in [1.165, 1.54) is 22.3 Å². The molecule has 0 N–H and O–H groups in total. The first-order valence-electron chi connectivity index (χ1n) is 7.41. The lowest BCUT2D eigenvalue weighted by Gasteiger charge is -2.19. The summed E-state index contributed by atoms with van der Waals surface area (Å²) in [5.74, 6) is 1.87. The molecule has 0 aliphatic heterocycles. The number of hydrogen-bond acceptors (Lipinski definition) is 2. The van der Waals surface area contributed by atoms with Crippen molar-refractivity contribution in [3.8, 4) is 11.5 Å². The lowest BCUT2D eigenvalue weighted by Crippen LogP contribution is -2.21. The largest absolute Gasteiger partial charge is 0.489 e. The quantitative estimate of drug-likeness (QED) is 0.787. The molecule has 112 valence electrons. The van der Waals surface area contributed by atoms with Crippen molar-refractivity contribution in [3.63, 3.8) is 0 Å². The zero-order valence-electron chi connectivity index (χ0n) is 13.6. The highest BCUT2D eigenvalue weighted by atomic mass is 16.5. The molecule has 2 heteroatoms. The zero-order chi connectivity index (χ0) is 15.4. The third kappa shape index (κ3) is 3.78. The normalized spacial score (nSPS) is 12.0. The molecule has 0 saturated carbocycles. The van der Waals surface area contributed by atoms with E-state index in [-0.39, 0.29) is 6.10 Å². The third-order valence-corrected chi connectivity index (χ3v) is 3.91. The first-order valence-corrected chi connectivity index (χ1v) is 7.41. The maximum absolute atomic E-state index is 5.99. The highest BCUT2D eigenvalue weighted by Gasteiger charge is 2.09. The maximum Gasteiger partial charge on any atom is 0.130 e. The number of benzene rings is 2. The summed E-state index contributed by atoms with van der Waals surface area (Å²) in [4.78, 5) is 0. The van der Waals surface area contributed by atoms with Crippen molar-refractivity contribution < 1.29 is 9.47 Å². The molecule has 21 heavy (non-hydrogen) atoms. The van der Waals surface area contributed by atoms with Crippen molar-refractivity contribution in [1.82, 2.24) is 0 Å². The van der Waals surface area contributed by atoms with Gasteiger partial charge in [0.1, 0.15) is 24.2 Å². The Bertz CT molecular complexity index is 617. The molecule has 0 aliphatic carbocycles. The van der Waals surface area contributed by atoms with Crippen LogP contribution in [0, 0.1) is 27.7 Å². The van der Waals surface area contributed by atoms with Crippen molar-refractivity contribution in [2.24, 2.45) is 0 Å². The van der Waals surface area contributed by atoms with Crippen LogP contribution in [0.3, 0.4) is 0 Å². The standard InChI is InChI=1S/C19H24O2/c1-13-8-6-10-18(16(13)4)20-12-15(3)21-19-11-7-9-14(2)17(19)5/h6-11,15H,12H2,1-5H3. The molecule has 2 aromatic rings. The molecule has 0 radical (unpaired) electrons. The number of ether oxygens (including phenoxy) is 2. The molecule has 2 nitrogen and oxygen atoms in total. The van der Waals surface area contributed by atoms with Crippen molar-refractivity contribution in [2.45, 2.75) is 40.7 Å². The smallest absolute Gasteiger partial charge is 0.130 e. The Morgan fingerprint density at radius 3 is 1.95 bits per heavy atom. The molecule has 0 aliphatic rings. The number of rotatable bonds is 5. The number of aryl methyl sites for hydroxylation is 2. The number of hydrogen-bond donors (Lipinski definition) is 0. The van der Waals surface area contributed by atoms with Crippen LogP contribution in [0.15, 0.2) is 36.4 Å². The van der Waals surface area contributed by atoms with E-state index in [0.29, 0.717) is 6.61 Å². The van der Waals surface area contributed by atoms with Gasteiger partial charge in [-0.3, -0.25) is 0 Å². The van der Waals surface area contributed by atoms with E-state index in [9.17, 15) is 0 Å². The Morgan fingerprint density at radius 1 is 0.810 bits per heavy atom. The average Bonchev–Trinajstić information content (AvgIpc) is 2.45. The molecule has 0 heterocycles. The summed E-state index contributed by atoms with van der Waals surface area (Å²) in [7, 11) is 0. The zero-order valence-corrected chi connectivity index (χ0v) is 13.6. The van der Waals surface area contributed by atoms with E-state index < -0.39 is 0 Å². The minimum Gasteiger partial charge on any atom is -0.489 e. The fourth-order valence-corrected chi connectivity index (χ4v) is 2.19. The van der Waals surface area contributed by atoms with Gasteiger partial charge in [0, 0.05) is 0 Å². The molecule has 0 bridgehead atoms. The highest BCUT2D eigenvalue weighted by molar-refractivity contribution is 5.39. The fraction of sp³-hybridized carbons (Fsp3) is 0.368. The van der Waals surface area contributed by atoms with Crippen LogP contribution in [0.1, 0.15) is 29.2 Å². The molecule has 2 aromatic carbocycles. The summed E-state index contributed by atoms with van der Waals surface area (Å²) in [6, 6.07) is 12.3. The highest BCUT2D eigenvalue weighted by Crippen LogP contribution is 2.23. The van der Waals surface area contributed by atoms with E-state index in [1.54, 1.807) is 0 Å². The van der Waals surface area contributed by atoms with Gasteiger partial charge in [0.25, 0.3) is 0 Å². The summed E-state index contributed by atoms with van der Waals surface area (Å²) >= 11 is 0. The van der Waals surface area contributed by atoms with Gasteiger partial charge >= 0.3 is 0 Å². The molecule has 0 saturated heterocycles. The van der Waals surface area contributed by atoms with Gasteiger partial charge in [0.05, 0.1) is 0 Å². The predicted molar refractivity (Wildman–Crippen MR) is 87.4 cm³/mol. The predicted octanol–water partition coefficient (Wildman–Crippen LogP) is 4.77. The van der Waals surface area contributed by atoms with Crippen LogP contribution in [0.5, 0.6) is 11.5 Å². The van der Waals surface area contributed by atoms with E-state index in [4.69, 9.17) is 9.47 Å². The van der Waals surface area contributed by atoms with Gasteiger partial charge in [-0.05, 0) is 69.0 Å². The minimum absolute atomic E-state index is 0.00501. The van der Waals surface area contributed by atoms with Gasteiger partial charge in [0.15, 0.2) is 0 Å². The molecule has 0 spiro atoms. The first-order chi connectivity index (χ1) is 9.99. The molecule has 0 fully saturated rings. The minimum atomic E-state index is 0.00501. The molecule has 1 atom stereocenters. The van der Waals surface area contributed by atoms with Gasteiger partial charge < -0.3 is 9.47 Å². The summed E-state index contributed by atoms with van der Waals surface area (Å²) < 4.78 is 11.9. The average molecular weight is 284 g/mol. The summed E-state index contributed by atoms with van der Waals surface area (Å²) in [6.07, 6.45) is 0.00501.